The highest BCUT2D eigenvalue weighted by Crippen LogP contribution is 2.29. The standard InChI is InChI=1S/C20H28ClN3O4/c1-13(2)17(22-14(3)25)19(26)24-11-9-23(10-12-24)18(20(27)28-4)15-7-5-6-8-16(15)21/h5-8,13,17-18H,9-12H2,1-4H3,(H,22,25)/t17-,18-/m0/s1. The van der Waals surface area contributed by atoms with Gasteiger partial charge in [0.05, 0.1) is 7.11 Å². The summed E-state index contributed by atoms with van der Waals surface area (Å²) < 4.78 is 5.00. The molecule has 8 heteroatoms. The Morgan fingerprint density at radius 3 is 2.21 bits per heavy atom. The van der Waals surface area contributed by atoms with Crippen molar-refractivity contribution in [2.45, 2.75) is 32.9 Å². The predicted molar refractivity (Wildman–Crippen MR) is 107 cm³/mol. The largest absolute Gasteiger partial charge is 0.468 e. The normalized spacial score (nSPS) is 17.1. The van der Waals surface area contributed by atoms with E-state index in [1.165, 1.54) is 14.0 Å². The quantitative estimate of drug-likeness (QED) is 0.725. The molecule has 7 nitrogen and oxygen atoms in total. The summed E-state index contributed by atoms with van der Waals surface area (Å²) >= 11 is 6.30. The Balaban J connectivity index is 2.12. The second-order valence-corrected chi connectivity index (χ2v) is 7.64. The van der Waals surface area contributed by atoms with Crippen molar-refractivity contribution in [1.82, 2.24) is 15.1 Å². The number of benzene rings is 1. The fourth-order valence-corrected chi connectivity index (χ4v) is 3.65. The minimum atomic E-state index is -0.618. The third-order valence-corrected chi connectivity index (χ3v) is 5.25. The van der Waals surface area contributed by atoms with E-state index in [4.69, 9.17) is 16.3 Å². The first-order chi connectivity index (χ1) is 13.3. The first-order valence-electron chi connectivity index (χ1n) is 9.38. The number of methoxy groups -OCH3 is 1. The van der Waals surface area contributed by atoms with Gasteiger partial charge in [-0.05, 0) is 17.5 Å². The molecule has 0 spiro atoms. The van der Waals surface area contributed by atoms with Crippen LogP contribution < -0.4 is 5.32 Å². The van der Waals surface area contributed by atoms with E-state index in [9.17, 15) is 14.4 Å². The summed E-state index contributed by atoms with van der Waals surface area (Å²) in [6, 6.07) is 6.03. The molecule has 28 heavy (non-hydrogen) atoms. The van der Waals surface area contributed by atoms with Crippen LogP contribution in [0.25, 0.3) is 0 Å². The van der Waals surface area contributed by atoms with E-state index < -0.39 is 12.1 Å². The van der Waals surface area contributed by atoms with E-state index in [0.717, 1.165) is 0 Å². The number of carbonyl (C=O) groups excluding carboxylic acids is 3. The maximum atomic E-state index is 12.8. The Morgan fingerprint density at radius 2 is 1.71 bits per heavy atom. The van der Waals surface area contributed by atoms with Crippen molar-refractivity contribution < 1.29 is 19.1 Å². The highest BCUT2D eigenvalue weighted by molar-refractivity contribution is 6.31. The number of nitrogens with one attached hydrogen (secondary N) is 1. The van der Waals surface area contributed by atoms with E-state index in [0.29, 0.717) is 36.8 Å². The smallest absolute Gasteiger partial charge is 0.327 e. The molecule has 1 aliphatic rings. The van der Waals surface area contributed by atoms with Crippen molar-refractivity contribution in [2.75, 3.05) is 33.3 Å². The molecule has 1 N–H and O–H groups in total. The van der Waals surface area contributed by atoms with Crippen LogP contribution in [0.2, 0.25) is 5.02 Å². The molecule has 0 saturated carbocycles. The molecule has 0 radical (unpaired) electrons. The van der Waals surface area contributed by atoms with Gasteiger partial charge in [0.2, 0.25) is 11.8 Å². The molecule has 1 fully saturated rings. The van der Waals surface area contributed by atoms with Gasteiger partial charge >= 0.3 is 5.97 Å². The lowest BCUT2D eigenvalue weighted by Gasteiger charge is -2.40. The highest BCUT2D eigenvalue weighted by Gasteiger charge is 2.35. The fourth-order valence-electron chi connectivity index (χ4n) is 3.41. The monoisotopic (exact) mass is 409 g/mol. The average molecular weight is 410 g/mol. The number of ether oxygens (including phenoxy) is 1. The van der Waals surface area contributed by atoms with Crippen LogP contribution in [0.1, 0.15) is 32.4 Å². The number of carbonyl (C=O) groups is 3. The summed E-state index contributed by atoms with van der Waals surface area (Å²) in [5, 5.41) is 3.24. The molecular formula is C20H28ClN3O4. The van der Waals surface area contributed by atoms with Crippen molar-refractivity contribution in [3.05, 3.63) is 34.9 Å². The third-order valence-electron chi connectivity index (χ3n) is 4.91. The predicted octanol–water partition coefficient (Wildman–Crippen LogP) is 1.86. The number of hydrogen-bond donors (Lipinski definition) is 1. The topological polar surface area (TPSA) is 79.0 Å². The van der Waals surface area contributed by atoms with Crippen LogP contribution in [0, 0.1) is 5.92 Å². The molecule has 1 heterocycles. The van der Waals surface area contributed by atoms with Crippen molar-refractivity contribution in [1.29, 1.82) is 0 Å². The van der Waals surface area contributed by atoms with E-state index in [1.54, 1.807) is 11.0 Å². The van der Waals surface area contributed by atoms with Gasteiger partial charge in [0.25, 0.3) is 0 Å². The van der Waals surface area contributed by atoms with Crippen LogP contribution in [0.15, 0.2) is 24.3 Å². The molecule has 154 valence electrons. The molecule has 1 aliphatic heterocycles. The maximum Gasteiger partial charge on any atom is 0.327 e. The van der Waals surface area contributed by atoms with Crippen LogP contribution in [0.5, 0.6) is 0 Å². The van der Waals surface area contributed by atoms with Crippen LogP contribution in [0.3, 0.4) is 0 Å². The van der Waals surface area contributed by atoms with Gasteiger partial charge < -0.3 is 15.0 Å². The molecule has 1 aromatic rings. The lowest BCUT2D eigenvalue weighted by molar-refractivity contribution is -0.149. The number of halogens is 1. The van der Waals surface area contributed by atoms with E-state index >= 15 is 0 Å². The lowest BCUT2D eigenvalue weighted by Crippen LogP contribution is -2.57. The van der Waals surface area contributed by atoms with Crippen LogP contribution >= 0.6 is 11.6 Å². The summed E-state index contributed by atoms with van der Waals surface area (Å²) in [5.41, 5.74) is 0.689. The molecule has 0 aromatic heterocycles. The zero-order valence-corrected chi connectivity index (χ0v) is 17.5. The minimum absolute atomic E-state index is 0.0135. The number of esters is 1. The van der Waals surface area contributed by atoms with Gasteiger partial charge in [-0.1, -0.05) is 43.6 Å². The Hall–Kier alpha value is -2.12. The Labute approximate surface area is 171 Å². The number of hydrogen-bond acceptors (Lipinski definition) is 5. The Morgan fingerprint density at radius 1 is 1.11 bits per heavy atom. The number of amides is 2. The van der Waals surface area contributed by atoms with Gasteiger partial charge in [0.15, 0.2) is 0 Å². The highest BCUT2D eigenvalue weighted by atomic mass is 35.5. The maximum absolute atomic E-state index is 12.8. The van der Waals surface area contributed by atoms with Gasteiger partial charge in [-0.15, -0.1) is 0 Å². The molecule has 2 rings (SSSR count). The summed E-state index contributed by atoms with van der Waals surface area (Å²) in [4.78, 5) is 40.4. The average Bonchev–Trinajstić information content (AvgIpc) is 2.67. The van der Waals surface area contributed by atoms with Crippen molar-refractivity contribution in [3.8, 4) is 0 Å². The number of rotatable bonds is 6. The first-order valence-corrected chi connectivity index (χ1v) is 9.76. The summed E-state index contributed by atoms with van der Waals surface area (Å²) in [5.74, 6) is -0.723. The summed E-state index contributed by atoms with van der Waals surface area (Å²) in [6.07, 6.45) is 0. The van der Waals surface area contributed by atoms with Gasteiger partial charge in [0, 0.05) is 38.1 Å². The zero-order chi connectivity index (χ0) is 20.8. The first kappa shape index (κ1) is 22.2. The molecule has 2 amide bonds. The lowest BCUT2D eigenvalue weighted by atomic mass is 10.0. The summed E-state index contributed by atoms with van der Waals surface area (Å²) in [6.45, 7) is 7.13. The van der Waals surface area contributed by atoms with Crippen LogP contribution in [-0.4, -0.2) is 66.9 Å². The molecule has 0 unspecified atom stereocenters. The van der Waals surface area contributed by atoms with E-state index in [-0.39, 0.29) is 23.7 Å². The van der Waals surface area contributed by atoms with Gasteiger partial charge in [-0.25, -0.2) is 4.79 Å². The minimum Gasteiger partial charge on any atom is -0.468 e. The number of piperazine rings is 1. The van der Waals surface area contributed by atoms with Gasteiger partial charge in [0.1, 0.15) is 12.1 Å². The zero-order valence-electron chi connectivity index (χ0n) is 16.8. The summed E-state index contributed by atoms with van der Waals surface area (Å²) in [7, 11) is 1.35. The van der Waals surface area contributed by atoms with Gasteiger partial charge in [-0.2, -0.15) is 0 Å². The molecule has 1 saturated heterocycles. The van der Waals surface area contributed by atoms with Crippen molar-refractivity contribution in [3.63, 3.8) is 0 Å². The molecule has 1 aromatic carbocycles. The molecule has 0 aliphatic carbocycles. The second-order valence-electron chi connectivity index (χ2n) is 7.23. The molecule has 2 atom stereocenters. The SMILES string of the molecule is COC(=O)[C@H](c1ccccc1Cl)N1CCN(C(=O)[C@@H](NC(C)=O)C(C)C)CC1. The second kappa shape index (κ2) is 9.89. The fraction of sp³-hybridized carbons (Fsp3) is 0.550. The third kappa shape index (κ3) is 5.23. The van der Waals surface area contributed by atoms with E-state index in [2.05, 4.69) is 5.32 Å². The Kier molecular flexibility index (Phi) is 7.83. The van der Waals surface area contributed by atoms with E-state index in [1.807, 2.05) is 36.9 Å². The number of nitrogens with zero attached hydrogens (tertiary/aromatic N) is 2. The molecular weight excluding hydrogens is 382 g/mol. The van der Waals surface area contributed by atoms with Gasteiger partial charge in [-0.3, -0.25) is 14.5 Å². The van der Waals surface area contributed by atoms with Crippen molar-refractivity contribution in [2.24, 2.45) is 5.92 Å². The van der Waals surface area contributed by atoms with Crippen LogP contribution in [-0.2, 0) is 19.1 Å². The molecule has 0 bridgehead atoms. The van der Waals surface area contributed by atoms with Crippen molar-refractivity contribution >= 4 is 29.4 Å². The Bertz CT molecular complexity index is 717. The van der Waals surface area contributed by atoms with Crippen LogP contribution in [0.4, 0.5) is 0 Å².